The van der Waals surface area contributed by atoms with Gasteiger partial charge in [0.05, 0.1) is 26.0 Å². The third-order valence-electron chi connectivity index (χ3n) is 5.76. The summed E-state index contributed by atoms with van der Waals surface area (Å²) >= 11 is 0. The van der Waals surface area contributed by atoms with E-state index >= 15 is 0 Å². The number of ketones is 1. The van der Waals surface area contributed by atoms with Gasteiger partial charge in [0.15, 0.2) is 5.78 Å². The number of hydrogen-bond donors (Lipinski definition) is 0. The van der Waals surface area contributed by atoms with Crippen LogP contribution in [-0.4, -0.2) is 30.7 Å². The molecule has 2 aromatic rings. The van der Waals surface area contributed by atoms with Crippen molar-refractivity contribution in [2.45, 2.75) is 32.7 Å². The van der Waals surface area contributed by atoms with Crippen LogP contribution in [0.2, 0.25) is 0 Å². The Labute approximate surface area is 171 Å². The maximum atomic E-state index is 11.7. The summed E-state index contributed by atoms with van der Waals surface area (Å²) in [5, 5.41) is 7.03. The molecule has 2 atom stereocenters. The average Bonchev–Trinajstić information content (AvgIpc) is 3.13. The number of methoxy groups -OCH3 is 2. The number of carbonyl (C=O) groups excluding carboxylic acids is 1. The van der Waals surface area contributed by atoms with Gasteiger partial charge >= 0.3 is 0 Å². The molecule has 0 spiro atoms. The summed E-state index contributed by atoms with van der Waals surface area (Å²) in [7, 11) is 3.36. The van der Waals surface area contributed by atoms with Gasteiger partial charge in [0.25, 0.3) is 0 Å². The first kappa shape index (κ1) is 19.2. The lowest BCUT2D eigenvalue weighted by Gasteiger charge is -2.31. The van der Waals surface area contributed by atoms with E-state index in [0.29, 0.717) is 0 Å². The number of aryl methyl sites for hydroxylation is 1. The molecular formula is C24H26N2O3. The molecule has 0 bridgehead atoms. The first-order valence-electron chi connectivity index (χ1n) is 9.89. The fourth-order valence-electron chi connectivity index (χ4n) is 4.42. The van der Waals surface area contributed by atoms with Crippen LogP contribution in [0.4, 0.5) is 0 Å². The monoisotopic (exact) mass is 390 g/mol. The van der Waals surface area contributed by atoms with E-state index in [2.05, 4.69) is 24.3 Å². The maximum absolute atomic E-state index is 11.7. The highest BCUT2D eigenvalue weighted by molar-refractivity contribution is 6.06. The number of rotatable bonds is 5. The minimum Gasteiger partial charge on any atom is -0.497 e. The molecule has 5 heteroatoms. The number of allylic oxidation sites excluding steroid dienone is 2. The van der Waals surface area contributed by atoms with Crippen molar-refractivity contribution in [1.29, 1.82) is 0 Å². The van der Waals surface area contributed by atoms with Gasteiger partial charge in [0.2, 0.25) is 0 Å². The molecule has 4 rings (SSSR count). The van der Waals surface area contributed by atoms with Crippen molar-refractivity contribution < 1.29 is 14.3 Å². The summed E-state index contributed by atoms with van der Waals surface area (Å²) in [6.07, 6.45) is 3.64. The molecular weight excluding hydrogens is 364 g/mol. The summed E-state index contributed by atoms with van der Waals surface area (Å²) in [4.78, 5) is 11.7. The summed E-state index contributed by atoms with van der Waals surface area (Å²) in [6, 6.07) is 14.4. The molecule has 5 nitrogen and oxygen atoms in total. The molecule has 2 unspecified atom stereocenters. The van der Waals surface area contributed by atoms with E-state index in [9.17, 15) is 4.79 Å². The SMILES string of the molecule is COc1ccc(C2C3CCc4cc(OC)ccc4C3=NN2/C(C)=C/C(C)=O)cc1. The summed E-state index contributed by atoms with van der Waals surface area (Å²) < 4.78 is 10.7. The Bertz CT molecular complexity index is 992. The van der Waals surface area contributed by atoms with Crippen LogP contribution in [0.3, 0.4) is 0 Å². The third-order valence-corrected chi connectivity index (χ3v) is 5.76. The fraction of sp³-hybridized carbons (Fsp3) is 0.333. The van der Waals surface area contributed by atoms with Crippen LogP contribution in [0, 0.1) is 5.92 Å². The van der Waals surface area contributed by atoms with Crippen molar-refractivity contribution in [3.63, 3.8) is 0 Å². The molecule has 1 aliphatic carbocycles. The largest absolute Gasteiger partial charge is 0.497 e. The Kier molecular flexibility index (Phi) is 5.14. The first-order valence-corrected chi connectivity index (χ1v) is 9.89. The Morgan fingerprint density at radius 2 is 1.76 bits per heavy atom. The van der Waals surface area contributed by atoms with E-state index in [1.165, 1.54) is 16.7 Å². The summed E-state index contributed by atoms with van der Waals surface area (Å²) in [5.41, 5.74) is 5.56. The molecule has 0 saturated heterocycles. The molecule has 0 radical (unpaired) electrons. The van der Waals surface area contributed by atoms with Crippen molar-refractivity contribution in [2.24, 2.45) is 11.0 Å². The van der Waals surface area contributed by atoms with E-state index in [1.807, 2.05) is 30.1 Å². The van der Waals surface area contributed by atoms with Gasteiger partial charge in [-0.05, 0) is 68.1 Å². The molecule has 1 heterocycles. The predicted molar refractivity (Wildman–Crippen MR) is 113 cm³/mol. The smallest absolute Gasteiger partial charge is 0.154 e. The van der Waals surface area contributed by atoms with Gasteiger partial charge in [-0.2, -0.15) is 5.10 Å². The second-order valence-corrected chi connectivity index (χ2v) is 7.61. The fourth-order valence-corrected chi connectivity index (χ4v) is 4.42. The number of fused-ring (bicyclic) bond motifs is 3. The standard InChI is InChI=1S/C24H26N2O3/c1-15(13-16(2)27)26-24(17-5-8-19(28-3)9-6-17)22-11-7-18-14-20(29-4)10-12-21(18)23(22)25-26/h5-6,8-10,12-14,22,24H,7,11H2,1-4H3/b15-13+. The third kappa shape index (κ3) is 3.53. The molecule has 0 fully saturated rings. The topological polar surface area (TPSA) is 51.1 Å². The highest BCUT2D eigenvalue weighted by Crippen LogP contribution is 2.45. The van der Waals surface area contributed by atoms with Crippen LogP contribution in [0.5, 0.6) is 11.5 Å². The summed E-state index contributed by atoms with van der Waals surface area (Å²) in [6.45, 7) is 3.53. The number of hydrazone groups is 1. The highest BCUT2D eigenvalue weighted by atomic mass is 16.5. The van der Waals surface area contributed by atoms with Gasteiger partial charge in [-0.3, -0.25) is 9.80 Å². The van der Waals surface area contributed by atoms with Gasteiger partial charge in [-0.15, -0.1) is 0 Å². The zero-order valence-corrected chi connectivity index (χ0v) is 17.3. The van der Waals surface area contributed by atoms with Crippen molar-refractivity contribution in [1.82, 2.24) is 5.01 Å². The minimum atomic E-state index is 0.0242. The van der Waals surface area contributed by atoms with Gasteiger partial charge in [0.1, 0.15) is 11.5 Å². The zero-order chi connectivity index (χ0) is 20.5. The number of nitrogens with zero attached hydrogens (tertiary/aromatic N) is 2. The van der Waals surface area contributed by atoms with E-state index in [1.54, 1.807) is 27.2 Å². The summed E-state index contributed by atoms with van der Waals surface area (Å²) in [5.74, 6) is 1.99. The normalized spacial score (nSPS) is 20.6. The quantitative estimate of drug-likeness (QED) is 0.705. The maximum Gasteiger partial charge on any atom is 0.154 e. The molecule has 0 aromatic heterocycles. The molecule has 1 aliphatic heterocycles. The molecule has 0 amide bonds. The number of benzene rings is 2. The average molecular weight is 390 g/mol. The Morgan fingerprint density at radius 1 is 1.07 bits per heavy atom. The second-order valence-electron chi connectivity index (χ2n) is 7.61. The number of hydrogen-bond acceptors (Lipinski definition) is 5. The molecule has 29 heavy (non-hydrogen) atoms. The van der Waals surface area contributed by atoms with Crippen LogP contribution in [0.25, 0.3) is 0 Å². The number of ether oxygens (including phenoxy) is 2. The lowest BCUT2D eigenvalue weighted by Crippen LogP contribution is -2.28. The van der Waals surface area contributed by atoms with Gasteiger partial charge in [0, 0.05) is 23.3 Å². The highest BCUT2D eigenvalue weighted by Gasteiger charge is 2.42. The van der Waals surface area contributed by atoms with Crippen molar-refractivity contribution in [3.05, 3.63) is 70.9 Å². The first-order chi connectivity index (χ1) is 14.0. The van der Waals surface area contributed by atoms with Crippen molar-refractivity contribution in [3.8, 4) is 11.5 Å². The predicted octanol–water partition coefficient (Wildman–Crippen LogP) is 4.52. The molecule has 2 aliphatic rings. The second kappa shape index (κ2) is 7.74. The van der Waals surface area contributed by atoms with E-state index < -0.39 is 0 Å². The lowest BCUT2D eigenvalue weighted by atomic mass is 9.77. The molecule has 0 saturated carbocycles. The minimum absolute atomic E-state index is 0.0242. The van der Waals surface area contributed by atoms with Crippen LogP contribution in [0.1, 0.15) is 43.0 Å². The zero-order valence-electron chi connectivity index (χ0n) is 17.3. The van der Waals surface area contributed by atoms with Crippen LogP contribution >= 0.6 is 0 Å². The van der Waals surface area contributed by atoms with Crippen molar-refractivity contribution >= 4 is 11.5 Å². The Balaban J connectivity index is 1.79. The van der Waals surface area contributed by atoms with E-state index in [0.717, 1.165) is 35.7 Å². The van der Waals surface area contributed by atoms with Gasteiger partial charge < -0.3 is 9.47 Å². The van der Waals surface area contributed by atoms with Crippen molar-refractivity contribution in [2.75, 3.05) is 14.2 Å². The van der Waals surface area contributed by atoms with E-state index in [4.69, 9.17) is 14.6 Å². The molecule has 2 aromatic carbocycles. The molecule has 150 valence electrons. The van der Waals surface area contributed by atoms with Gasteiger partial charge in [-0.25, -0.2) is 0 Å². The molecule has 0 N–H and O–H groups in total. The van der Waals surface area contributed by atoms with Gasteiger partial charge in [-0.1, -0.05) is 12.1 Å². The lowest BCUT2D eigenvalue weighted by molar-refractivity contribution is -0.112. The Hall–Kier alpha value is -3.08. The van der Waals surface area contributed by atoms with E-state index in [-0.39, 0.29) is 17.7 Å². The Morgan fingerprint density at radius 3 is 2.41 bits per heavy atom. The van der Waals surface area contributed by atoms with Crippen LogP contribution in [0.15, 0.2) is 59.3 Å². The van der Waals surface area contributed by atoms with Crippen LogP contribution < -0.4 is 9.47 Å². The van der Waals surface area contributed by atoms with Crippen LogP contribution in [-0.2, 0) is 11.2 Å². The number of carbonyl (C=O) groups is 1.